The minimum Gasteiger partial charge on any atom is -0.368 e. The summed E-state index contributed by atoms with van der Waals surface area (Å²) >= 11 is 0. The maximum atomic E-state index is 5.78. The summed E-state index contributed by atoms with van der Waals surface area (Å²) in [6.45, 7) is 6.37. The molecule has 0 saturated heterocycles. The highest BCUT2D eigenvalue weighted by atomic mass is 15.4. The predicted molar refractivity (Wildman–Crippen MR) is 58.3 cm³/mol. The molecule has 1 unspecified atom stereocenters. The summed E-state index contributed by atoms with van der Waals surface area (Å²) in [5.74, 6) is 1.64. The molecular formula is C9H19N5. The summed E-state index contributed by atoms with van der Waals surface area (Å²) in [5, 5.41) is 4.34. The van der Waals surface area contributed by atoms with E-state index in [9.17, 15) is 0 Å². The zero-order valence-corrected chi connectivity index (χ0v) is 9.52. The minimum absolute atomic E-state index is 0.274. The second-order valence-corrected chi connectivity index (χ2v) is 4.09. The van der Waals surface area contributed by atoms with Gasteiger partial charge in [-0.3, -0.25) is 0 Å². The molecule has 0 amide bonds. The fourth-order valence-electron chi connectivity index (χ4n) is 1.10. The molecule has 1 atom stereocenters. The van der Waals surface area contributed by atoms with Crippen LogP contribution < -0.4 is 10.6 Å². The van der Waals surface area contributed by atoms with Crippen molar-refractivity contribution in [2.75, 3.05) is 24.7 Å². The van der Waals surface area contributed by atoms with Gasteiger partial charge in [0.25, 0.3) is 0 Å². The highest BCUT2D eigenvalue weighted by Crippen LogP contribution is 2.20. The highest BCUT2D eigenvalue weighted by molar-refractivity contribution is 5.33. The van der Waals surface area contributed by atoms with Crippen LogP contribution in [0.15, 0.2) is 0 Å². The van der Waals surface area contributed by atoms with Gasteiger partial charge >= 0.3 is 0 Å². The number of hydrogen-bond donors (Lipinski definition) is 1. The Kier molecular flexibility index (Phi) is 2.98. The third kappa shape index (κ3) is 1.97. The van der Waals surface area contributed by atoms with Crippen LogP contribution in [0.25, 0.3) is 0 Å². The largest absolute Gasteiger partial charge is 0.368 e. The molecule has 0 aliphatic carbocycles. The predicted octanol–water partition coefficient (Wildman–Crippen LogP) is 1.14. The smallest absolute Gasteiger partial charge is 0.246 e. The van der Waals surface area contributed by atoms with Crippen LogP contribution in [0.3, 0.4) is 0 Å². The van der Waals surface area contributed by atoms with Crippen LogP contribution in [-0.4, -0.2) is 28.9 Å². The van der Waals surface area contributed by atoms with E-state index in [0.29, 0.717) is 17.8 Å². The second-order valence-electron chi connectivity index (χ2n) is 4.09. The lowest BCUT2D eigenvalue weighted by molar-refractivity contribution is 0.380. The first-order valence-electron chi connectivity index (χ1n) is 4.82. The Labute approximate surface area is 84.9 Å². The summed E-state index contributed by atoms with van der Waals surface area (Å²) in [7, 11) is 3.80. The van der Waals surface area contributed by atoms with Crippen LogP contribution in [0, 0.1) is 5.92 Å². The zero-order valence-electron chi connectivity index (χ0n) is 9.52. The third-order valence-corrected chi connectivity index (χ3v) is 2.40. The molecule has 1 aromatic rings. The molecule has 1 aromatic heterocycles. The van der Waals surface area contributed by atoms with E-state index in [0.717, 1.165) is 0 Å². The second kappa shape index (κ2) is 3.86. The Morgan fingerprint density at radius 2 is 1.86 bits per heavy atom. The number of rotatable bonds is 3. The third-order valence-electron chi connectivity index (χ3n) is 2.40. The van der Waals surface area contributed by atoms with Gasteiger partial charge in [-0.2, -0.15) is 4.98 Å². The van der Waals surface area contributed by atoms with E-state index in [1.807, 2.05) is 19.0 Å². The molecule has 0 bridgehead atoms. The van der Waals surface area contributed by atoms with E-state index in [1.165, 1.54) is 0 Å². The van der Waals surface area contributed by atoms with Crippen LogP contribution >= 0.6 is 0 Å². The monoisotopic (exact) mass is 197 g/mol. The van der Waals surface area contributed by atoms with Crippen molar-refractivity contribution >= 4 is 11.9 Å². The molecule has 0 saturated carbocycles. The highest BCUT2D eigenvalue weighted by Gasteiger charge is 2.16. The van der Waals surface area contributed by atoms with Gasteiger partial charge in [0.05, 0.1) is 6.04 Å². The lowest BCUT2D eigenvalue weighted by Crippen LogP contribution is -2.16. The van der Waals surface area contributed by atoms with E-state index >= 15 is 0 Å². The van der Waals surface area contributed by atoms with Crippen LogP contribution in [0.4, 0.5) is 11.9 Å². The van der Waals surface area contributed by atoms with Gasteiger partial charge in [-0.1, -0.05) is 13.8 Å². The average molecular weight is 197 g/mol. The first-order chi connectivity index (χ1) is 6.43. The van der Waals surface area contributed by atoms with Crippen LogP contribution in [0.5, 0.6) is 0 Å². The molecule has 14 heavy (non-hydrogen) atoms. The van der Waals surface area contributed by atoms with Gasteiger partial charge in [-0.25, -0.2) is 4.68 Å². The van der Waals surface area contributed by atoms with Crippen LogP contribution in [-0.2, 0) is 0 Å². The van der Waals surface area contributed by atoms with E-state index in [-0.39, 0.29) is 6.04 Å². The summed E-state index contributed by atoms with van der Waals surface area (Å²) in [4.78, 5) is 6.02. The molecule has 2 N–H and O–H groups in total. The van der Waals surface area contributed by atoms with E-state index in [2.05, 4.69) is 30.9 Å². The number of nitrogen functional groups attached to an aromatic ring is 1. The van der Waals surface area contributed by atoms with Gasteiger partial charge < -0.3 is 10.6 Å². The van der Waals surface area contributed by atoms with Crippen molar-refractivity contribution in [3.63, 3.8) is 0 Å². The first kappa shape index (κ1) is 10.8. The molecule has 0 aliphatic heterocycles. The summed E-state index contributed by atoms with van der Waals surface area (Å²) in [6.07, 6.45) is 0. The van der Waals surface area contributed by atoms with Crippen molar-refractivity contribution in [1.82, 2.24) is 14.8 Å². The quantitative estimate of drug-likeness (QED) is 0.789. The molecule has 0 aromatic carbocycles. The molecule has 80 valence electrons. The Balaban J connectivity index is 2.98. The number of nitrogens with two attached hydrogens (primary N) is 1. The molecule has 0 fully saturated rings. The summed E-state index contributed by atoms with van der Waals surface area (Å²) < 4.78 is 1.78. The van der Waals surface area contributed by atoms with E-state index in [4.69, 9.17) is 5.73 Å². The van der Waals surface area contributed by atoms with Gasteiger partial charge in [0.1, 0.15) is 0 Å². The Morgan fingerprint density at radius 3 is 2.21 bits per heavy atom. The van der Waals surface area contributed by atoms with Gasteiger partial charge in [0.15, 0.2) is 0 Å². The van der Waals surface area contributed by atoms with Crippen LogP contribution in [0.1, 0.15) is 26.8 Å². The first-order valence-corrected chi connectivity index (χ1v) is 4.82. The molecule has 1 rings (SSSR count). The zero-order chi connectivity index (χ0) is 10.9. The SMILES string of the molecule is CC(C)C(C)n1nc(N(C)C)nc1N. The van der Waals surface area contributed by atoms with Crippen molar-refractivity contribution in [1.29, 1.82) is 0 Å². The Morgan fingerprint density at radius 1 is 1.29 bits per heavy atom. The number of hydrogen-bond acceptors (Lipinski definition) is 4. The number of aromatic nitrogens is 3. The lowest BCUT2D eigenvalue weighted by Gasteiger charge is -2.16. The molecule has 0 radical (unpaired) electrons. The van der Waals surface area contributed by atoms with E-state index < -0.39 is 0 Å². The molecule has 1 heterocycles. The lowest BCUT2D eigenvalue weighted by atomic mass is 10.1. The Bertz CT molecular complexity index is 302. The van der Waals surface area contributed by atoms with Crippen molar-refractivity contribution in [3.8, 4) is 0 Å². The molecular weight excluding hydrogens is 178 g/mol. The fraction of sp³-hybridized carbons (Fsp3) is 0.778. The normalized spacial score (nSPS) is 13.3. The Hall–Kier alpha value is -1.26. The number of nitrogens with zero attached hydrogens (tertiary/aromatic N) is 4. The standard InChI is InChI=1S/C9H19N5/c1-6(2)7(3)14-8(10)11-9(12-14)13(4)5/h6-7H,1-5H3,(H2,10,11,12). The van der Waals surface area contributed by atoms with Gasteiger partial charge in [-0.05, 0) is 12.8 Å². The van der Waals surface area contributed by atoms with Crippen molar-refractivity contribution in [2.24, 2.45) is 5.92 Å². The molecule has 5 nitrogen and oxygen atoms in total. The van der Waals surface area contributed by atoms with Crippen LogP contribution in [0.2, 0.25) is 0 Å². The number of anilines is 2. The maximum absolute atomic E-state index is 5.78. The molecule has 0 aliphatic rings. The van der Waals surface area contributed by atoms with E-state index in [1.54, 1.807) is 4.68 Å². The fourth-order valence-corrected chi connectivity index (χ4v) is 1.10. The summed E-state index contributed by atoms with van der Waals surface area (Å²) in [5.41, 5.74) is 5.78. The summed E-state index contributed by atoms with van der Waals surface area (Å²) in [6, 6.07) is 0.274. The average Bonchev–Trinajstić information content (AvgIpc) is 2.46. The minimum atomic E-state index is 0.274. The topological polar surface area (TPSA) is 60.0 Å². The van der Waals surface area contributed by atoms with Crippen molar-refractivity contribution < 1.29 is 0 Å². The van der Waals surface area contributed by atoms with Gasteiger partial charge in [-0.15, -0.1) is 5.10 Å². The van der Waals surface area contributed by atoms with Crippen molar-refractivity contribution in [2.45, 2.75) is 26.8 Å². The molecule has 0 spiro atoms. The maximum Gasteiger partial charge on any atom is 0.246 e. The van der Waals surface area contributed by atoms with Gasteiger partial charge in [0, 0.05) is 14.1 Å². The molecule has 5 heteroatoms. The van der Waals surface area contributed by atoms with Gasteiger partial charge in [0.2, 0.25) is 11.9 Å². The van der Waals surface area contributed by atoms with Crippen molar-refractivity contribution in [3.05, 3.63) is 0 Å².